The lowest BCUT2D eigenvalue weighted by molar-refractivity contribution is 0.415. The molecule has 0 bridgehead atoms. The van der Waals surface area contributed by atoms with Gasteiger partial charge in [0.15, 0.2) is 0 Å². The minimum Gasteiger partial charge on any atom is -0.497 e. The molecule has 0 fully saturated rings. The van der Waals surface area contributed by atoms with Gasteiger partial charge >= 0.3 is 0 Å². The van der Waals surface area contributed by atoms with Crippen LogP contribution in [0.3, 0.4) is 0 Å². The fourth-order valence-corrected chi connectivity index (χ4v) is 3.39. The quantitative estimate of drug-likeness (QED) is 0.580. The third kappa shape index (κ3) is 2.18. The maximum absolute atomic E-state index is 5.28. The lowest BCUT2D eigenvalue weighted by atomic mass is 10.1. The first kappa shape index (κ1) is 13.1. The number of nitrogens with one attached hydrogen (secondary N) is 1. The fraction of sp³-hybridized carbons (Fsp3) is 0.0556. The van der Waals surface area contributed by atoms with Crippen molar-refractivity contribution in [2.75, 3.05) is 7.11 Å². The summed E-state index contributed by atoms with van der Waals surface area (Å²) in [7, 11) is 1.68. The molecule has 108 valence electrons. The molecule has 0 radical (unpaired) electrons. The molecule has 0 saturated carbocycles. The number of benzene rings is 2. The first-order valence-corrected chi connectivity index (χ1v) is 7.89. The molecule has 2 aromatic heterocycles. The molecule has 4 rings (SSSR count). The van der Waals surface area contributed by atoms with Crippen molar-refractivity contribution >= 4 is 22.2 Å². The Morgan fingerprint density at radius 3 is 2.91 bits per heavy atom. The normalized spacial score (nSPS) is 11.0. The molecule has 0 aliphatic heterocycles. The van der Waals surface area contributed by atoms with E-state index in [4.69, 9.17) is 9.72 Å². The molecule has 0 unspecified atom stereocenters. The summed E-state index contributed by atoms with van der Waals surface area (Å²) >= 11 is 1.65. The predicted octanol–water partition coefficient (Wildman–Crippen LogP) is 4.97. The van der Waals surface area contributed by atoms with Crippen molar-refractivity contribution in [3.05, 3.63) is 60.1 Å². The van der Waals surface area contributed by atoms with Crippen molar-refractivity contribution in [2.45, 2.75) is 0 Å². The van der Waals surface area contributed by atoms with Crippen LogP contribution in [-0.2, 0) is 0 Å². The molecule has 2 heterocycles. The van der Waals surface area contributed by atoms with Gasteiger partial charge in [0.25, 0.3) is 0 Å². The number of aromatic nitrogens is 2. The zero-order valence-electron chi connectivity index (χ0n) is 12.0. The topological polar surface area (TPSA) is 37.9 Å². The zero-order chi connectivity index (χ0) is 14.9. The van der Waals surface area contributed by atoms with Gasteiger partial charge in [0.05, 0.1) is 12.8 Å². The van der Waals surface area contributed by atoms with E-state index in [9.17, 15) is 0 Å². The van der Waals surface area contributed by atoms with Gasteiger partial charge in [0.2, 0.25) is 0 Å². The molecule has 22 heavy (non-hydrogen) atoms. The number of hydrogen-bond acceptors (Lipinski definition) is 3. The van der Waals surface area contributed by atoms with Crippen LogP contribution in [0.4, 0.5) is 0 Å². The van der Waals surface area contributed by atoms with Gasteiger partial charge in [0.1, 0.15) is 10.8 Å². The standard InChI is InChI=1S/C18H14N2OS/c1-21-13-6-4-5-12(9-13)18-20-17(11-22-18)15-10-19-16-8-3-2-7-14(15)16/h2-11,19H,1H3. The summed E-state index contributed by atoms with van der Waals surface area (Å²) in [6.45, 7) is 0. The summed E-state index contributed by atoms with van der Waals surface area (Å²) in [6, 6.07) is 16.3. The van der Waals surface area contributed by atoms with Gasteiger partial charge in [-0.05, 0) is 18.2 Å². The zero-order valence-corrected chi connectivity index (χ0v) is 12.9. The first-order valence-electron chi connectivity index (χ1n) is 7.01. The second-order valence-electron chi connectivity index (χ2n) is 5.02. The number of H-pyrrole nitrogens is 1. The Hall–Kier alpha value is -2.59. The van der Waals surface area contributed by atoms with Crippen molar-refractivity contribution in [1.29, 1.82) is 0 Å². The maximum atomic E-state index is 5.28. The number of fused-ring (bicyclic) bond motifs is 1. The van der Waals surface area contributed by atoms with Crippen LogP contribution < -0.4 is 4.74 Å². The second-order valence-corrected chi connectivity index (χ2v) is 5.88. The van der Waals surface area contributed by atoms with Crippen molar-refractivity contribution in [2.24, 2.45) is 0 Å². The number of ether oxygens (including phenoxy) is 1. The van der Waals surface area contributed by atoms with Gasteiger partial charge in [-0.2, -0.15) is 0 Å². The lowest BCUT2D eigenvalue weighted by Crippen LogP contribution is -1.83. The van der Waals surface area contributed by atoms with E-state index in [0.717, 1.165) is 33.1 Å². The van der Waals surface area contributed by atoms with E-state index in [1.165, 1.54) is 5.39 Å². The van der Waals surface area contributed by atoms with Crippen LogP contribution in [0.25, 0.3) is 32.7 Å². The summed E-state index contributed by atoms with van der Waals surface area (Å²) in [5, 5.41) is 4.30. The van der Waals surface area contributed by atoms with Crippen molar-refractivity contribution < 1.29 is 4.74 Å². The van der Waals surface area contributed by atoms with E-state index in [1.54, 1.807) is 18.4 Å². The number of para-hydroxylation sites is 1. The van der Waals surface area contributed by atoms with E-state index in [1.807, 2.05) is 30.5 Å². The summed E-state index contributed by atoms with van der Waals surface area (Å²) < 4.78 is 5.28. The van der Waals surface area contributed by atoms with Gasteiger partial charge < -0.3 is 9.72 Å². The molecule has 2 aromatic carbocycles. The minimum atomic E-state index is 0.848. The van der Waals surface area contributed by atoms with Crippen molar-refractivity contribution in [3.8, 4) is 27.6 Å². The highest BCUT2D eigenvalue weighted by molar-refractivity contribution is 7.13. The molecule has 4 heteroatoms. The monoisotopic (exact) mass is 306 g/mol. The minimum absolute atomic E-state index is 0.848. The van der Waals surface area contributed by atoms with Crippen LogP contribution in [0.1, 0.15) is 0 Å². The number of hydrogen-bond donors (Lipinski definition) is 1. The lowest BCUT2D eigenvalue weighted by Gasteiger charge is -2.01. The molecule has 0 aliphatic carbocycles. The summed E-state index contributed by atoms with van der Waals surface area (Å²) in [4.78, 5) is 8.09. The Bertz CT molecular complexity index is 939. The Kier molecular flexibility index (Phi) is 3.16. The summed E-state index contributed by atoms with van der Waals surface area (Å²) in [5.41, 5.74) is 4.35. The third-order valence-corrected chi connectivity index (χ3v) is 4.58. The number of nitrogens with zero attached hydrogens (tertiary/aromatic N) is 1. The second kappa shape index (κ2) is 5.31. The van der Waals surface area contributed by atoms with E-state index < -0.39 is 0 Å². The van der Waals surface area contributed by atoms with Gasteiger partial charge in [0, 0.05) is 33.6 Å². The van der Waals surface area contributed by atoms with Crippen LogP contribution in [0.5, 0.6) is 5.75 Å². The Labute approximate surface area is 132 Å². The Morgan fingerprint density at radius 2 is 2.00 bits per heavy atom. The van der Waals surface area contributed by atoms with E-state index >= 15 is 0 Å². The number of thiazole rings is 1. The largest absolute Gasteiger partial charge is 0.497 e. The summed E-state index contributed by atoms with van der Waals surface area (Å²) in [5.74, 6) is 0.848. The Balaban J connectivity index is 1.78. The number of rotatable bonds is 3. The highest BCUT2D eigenvalue weighted by atomic mass is 32.1. The average Bonchev–Trinajstić information content (AvgIpc) is 3.21. The molecule has 0 saturated heterocycles. The fourth-order valence-electron chi connectivity index (χ4n) is 2.57. The van der Waals surface area contributed by atoms with Crippen LogP contribution in [0.2, 0.25) is 0 Å². The maximum Gasteiger partial charge on any atom is 0.124 e. The number of aromatic amines is 1. The molecule has 3 nitrogen and oxygen atoms in total. The molecule has 0 spiro atoms. The van der Waals surface area contributed by atoms with E-state index in [-0.39, 0.29) is 0 Å². The molecular weight excluding hydrogens is 292 g/mol. The molecule has 4 aromatic rings. The van der Waals surface area contributed by atoms with Gasteiger partial charge in [-0.15, -0.1) is 11.3 Å². The highest BCUT2D eigenvalue weighted by Gasteiger charge is 2.11. The van der Waals surface area contributed by atoms with Crippen LogP contribution in [-0.4, -0.2) is 17.1 Å². The van der Waals surface area contributed by atoms with Crippen LogP contribution in [0, 0.1) is 0 Å². The van der Waals surface area contributed by atoms with E-state index in [2.05, 4.69) is 34.6 Å². The van der Waals surface area contributed by atoms with Gasteiger partial charge in [-0.1, -0.05) is 30.3 Å². The SMILES string of the molecule is COc1cccc(-c2nc(-c3c[nH]c4ccccc34)cs2)c1. The average molecular weight is 306 g/mol. The molecule has 0 atom stereocenters. The predicted molar refractivity (Wildman–Crippen MR) is 91.4 cm³/mol. The van der Waals surface area contributed by atoms with E-state index in [0.29, 0.717) is 0 Å². The molecule has 0 aliphatic rings. The third-order valence-electron chi connectivity index (χ3n) is 3.69. The smallest absolute Gasteiger partial charge is 0.124 e. The number of methoxy groups -OCH3 is 1. The van der Waals surface area contributed by atoms with Crippen molar-refractivity contribution in [3.63, 3.8) is 0 Å². The molecule has 0 amide bonds. The molecule has 1 N–H and O–H groups in total. The van der Waals surface area contributed by atoms with Crippen molar-refractivity contribution in [1.82, 2.24) is 9.97 Å². The Morgan fingerprint density at radius 1 is 1.09 bits per heavy atom. The van der Waals surface area contributed by atoms with Crippen LogP contribution >= 0.6 is 11.3 Å². The van der Waals surface area contributed by atoms with Gasteiger partial charge in [-0.25, -0.2) is 4.98 Å². The summed E-state index contributed by atoms with van der Waals surface area (Å²) in [6.07, 6.45) is 2.02. The van der Waals surface area contributed by atoms with Crippen LogP contribution in [0.15, 0.2) is 60.1 Å². The highest BCUT2D eigenvalue weighted by Crippen LogP contribution is 2.33. The van der Waals surface area contributed by atoms with Gasteiger partial charge in [-0.3, -0.25) is 0 Å². The molecular formula is C18H14N2OS. The first-order chi connectivity index (χ1) is 10.8.